The summed E-state index contributed by atoms with van der Waals surface area (Å²) in [5.41, 5.74) is 4.80. The van der Waals surface area contributed by atoms with Crippen molar-refractivity contribution >= 4 is 0 Å². The second-order valence-corrected chi connectivity index (χ2v) is 4.79. The highest BCUT2D eigenvalue weighted by molar-refractivity contribution is 5.32. The molecule has 2 aromatic carbocycles. The summed E-state index contributed by atoms with van der Waals surface area (Å²) < 4.78 is 0. The Bertz CT molecular complexity index is 561. The van der Waals surface area contributed by atoms with E-state index in [1.165, 1.54) is 16.7 Å². The summed E-state index contributed by atoms with van der Waals surface area (Å²) in [6.45, 7) is 4.14. The van der Waals surface area contributed by atoms with Gasteiger partial charge in [-0.05, 0) is 31.4 Å². The first-order valence-electron chi connectivity index (χ1n) is 6.21. The molecule has 1 unspecified atom stereocenters. The predicted octanol–water partition coefficient (Wildman–Crippen LogP) is 4.15. The molecule has 0 N–H and O–H groups in total. The molecule has 1 atom stereocenters. The van der Waals surface area contributed by atoms with Crippen LogP contribution in [0.25, 0.3) is 0 Å². The van der Waals surface area contributed by atoms with Gasteiger partial charge in [-0.1, -0.05) is 59.7 Å². The van der Waals surface area contributed by atoms with Crippen LogP contribution in [0, 0.1) is 25.2 Å². The molecule has 1 nitrogen and oxygen atoms in total. The van der Waals surface area contributed by atoms with Gasteiger partial charge < -0.3 is 0 Å². The molecular formula is C17H17N. The number of nitriles is 1. The number of nitrogens with zero attached hydrogens (tertiary/aromatic N) is 1. The Labute approximate surface area is 109 Å². The topological polar surface area (TPSA) is 23.8 Å². The third-order valence-corrected chi connectivity index (χ3v) is 3.16. The van der Waals surface area contributed by atoms with Crippen LogP contribution in [0.1, 0.15) is 28.2 Å². The van der Waals surface area contributed by atoms with Crippen LogP contribution in [0.15, 0.2) is 48.5 Å². The molecule has 0 amide bonds. The molecule has 0 saturated carbocycles. The maximum absolute atomic E-state index is 9.33. The molecule has 18 heavy (non-hydrogen) atoms. The van der Waals surface area contributed by atoms with Gasteiger partial charge in [0.05, 0.1) is 12.0 Å². The number of hydrogen-bond acceptors (Lipinski definition) is 1. The van der Waals surface area contributed by atoms with Crippen molar-refractivity contribution in [2.75, 3.05) is 0 Å². The largest absolute Gasteiger partial charge is 0.198 e. The van der Waals surface area contributed by atoms with E-state index in [2.05, 4.69) is 62.4 Å². The van der Waals surface area contributed by atoms with E-state index in [1.807, 2.05) is 6.07 Å². The lowest BCUT2D eigenvalue weighted by Gasteiger charge is -2.10. The smallest absolute Gasteiger partial charge is 0.0753 e. The van der Waals surface area contributed by atoms with Crippen LogP contribution in [-0.4, -0.2) is 0 Å². The summed E-state index contributed by atoms with van der Waals surface area (Å²) >= 11 is 0. The zero-order chi connectivity index (χ0) is 13.0. The summed E-state index contributed by atoms with van der Waals surface area (Å²) in [5, 5.41) is 9.33. The van der Waals surface area contributed by atoms with Gasteiger partial charge in [0.1, 0.15) is 0 Å². The van der Waals surface area contributed by atoms with Gasteiger partial charge in [-0.3, -0.25) is 0 Å². The lowest BCUT2D eigenvalue weighted by Crippen LogP contribution is -2.00. The molecule has 0 aliphatic carbocycles. The fourth-order valence-corrected chi connectivity index (χ4v) is 2.11. The average Bonchev–Trinajstić information content (AvgIpc) is 2.37. The van der Waals surface area contributed by atoms with Crippen molar-refractivity contribution in [1.29, 1.82) is 5.26 Å². The van der Waals surface area contributed by atoms with Crippen LogP contribution >= 0.6 is 0 Å². The van der Waals surface area contributed by atoms with Crippen molar-refractivity contribution in [2.24, 2.45) is 0 Å². The van der Waals surface area contributed by atoms with Gasteiger partial charge in [0.25, 0.3) is 0 Å². The van der Waals surface area contributed by atoms with E-state index in [-0.39, 0.29) is 5.92 Å². The Morgan fingerprint density at radius 2 is 1.72 bits per heavy atom. The van der Waals surface area contributed by atoms with E-state index in [0.29, 0.717) is 0 Å². The summed E-state index contributed by atoms with van der Waals surface area (Å²) in [5.74, 6) is -0.0626. The van der Waals surface area contributed by atoms with Crippen LogP contribution in [-0.2, 0) is 6.42 Å². The summed E-state index contributed by atoms with van der Waals surface area (Å²) in [6, 6.07) is 19.0. The molecule has 1 heteroatoms. The molecule has 0 heterocycles. The summed E-state index contributed by atoms with van der Waals surface area (Å²) in [7, 11) is 0. The van der Waals surface area contributed by atoms with E-state index in [9.17, 15) is 5.26 Å². The van der Waals surface area contributed by atoms with Crippen molar-refractivity contribution in [3.05, 3.63) is 70.8 Å². The Balaban J connectivity index is 2.20. The monoisotopic (exact) mass is 235 g/mol. The number of hydrogen-bond donors (Lipinski definition) is 0. The number of benzene rings is 2. The lowest BCUT2D eigenvalue weighted by molar-refractivity contribution is 0.847. The van der Waals surface area contributed by atoms with Crippen molar-refractivity contribution in [3.63, 3.8) is 0 Å². The summed E-state index contributed by atoms with van der Waals surface area (Å²) in [4.78, 5) is 0. The van der Waals surface area contributed by atoms with Crippen LogP contribution in [0.4, 0.5) is 0 Å². The average molecular weight is 235 g/mol. The molecule has 2 aromatic rings. The first-order valence-corrected chi connectivity index (χ1v) is 6.21. The molecular weight excluding hydrogens is 218 g/mol. The Morgan fingerprint density at radius 3 is 2.33 bits per heavy atom. The van der Waals surface area contributed by atoms with Gasteiger partial charge in [0, 0.05) is 0 Å². The fourth-order valence-electron chi connectivity index (χ4n) is 2.11. The summed E-state index contributed by atoms with van der Waals surface area (Å²) in [6.07, 6.45) is 0.779. The third kappa shape index (κ3) is 2.99. The minimum absolute atomic E-state index is 0.0626. The van der Waals surface area contributed by atoms with Crippen LogP contribution in [0.2, 0.25) is 0 Å². The second kappa shape index (κ2) is 5.51. The van der Waals surface area contributed by atoms with E-state index >= 15 is 0 Å². The lowest BCUT2D eigenvalue weighted by atomic mass is 9.92. The highest BCUT2D eigenvalue weighted by Gasteiger charge is 2.11. The molecule has 0 aliphatic rings. The van der Waals surface area contributed by atoms with Gasteiger partial charge in [-0.25, -0.2) is 0 Å². The molecule has 0 saturated heterocycles. The highest BCUT2D eigenvalue weighted by atomic mass is 14.3. The van der Waals surface area contributed by atoms with Crippen LogP contribution in [0.5, 0.6) is 0 Å². The molecule has 0 spiro atoms. The van der Waals surface area contributed by atoms with Crippen molar-refractivity contribution in [1.82, 2.24) is 0 Å². The van der Waals surface area contributed by atoms with Gasteiger partial charge >= 0.3 is 0 Å². The van der Waals surface area contributed by atoms with E-state index in [4.69, 9.17) is 0 Å². The normalized spacial score (nSPS) is 11.8. The zero-order valence-electron chi connectivity index (χ0n) is 10.9. The number of rotatable bonds is 3. The Kier molecular flexibility index (Phi) is 3.79. The molecule has 90 valence electrons. The second-order valence-electron chi connectivity index (χ2n) is 4.79. The molecule has 0 aliphatic heterocycles. The maximum atomic E-state index is 9.33. The molecule has 0 aromatic heterocycles. The Morgan fingerprint density at radius 1 is 1.00 bits per heavy atom. The van der Waals surface area contributed by atoms with Crippen LogP contribution in [0.3, 0.4) is 0 Å². The minimum atomic E-state index is -0.0626. The van der Waals surface area contributed by atoms with Gasteiger partial charge in [-0.2, -0.15) is 5.26 Å². The molecule has 0 fully saturated rings. The van der Waals surface area contributed by atoms with E-state index in [0.717, 1.165) is 12.0 Å². The third-order valence-electron chi connectivity index (χ3n) is 3.16. The highest BCUT2D eigenvalue weighted by Crippen LogP contribution is 2.21. The van der Waals surface area contributed by atoms with Gasteiger partial charge in [0.2, 0.25) is 0 Å². The minimum Gasteiger partial charge on any atom is -0.198 e. The first-order chi connectivity index (χ1) is 8.69. The zero-order valence-corrected chi connectivity index (χ0v) is 10.9. The van der Waals surface area contributed by atoms with Gasteiger partial charge in [0.15, 0.2) is 0 Å². The van der Waals surface area contributed by atoms with Gasteiger partial charge in [-0.15, -0.1) is 0 Å². The molecule has 0 radical (unpaired) electrons. The fraction of sp³-hybridized carbons (Fsp3) is 0.235. The molecule has 0 bridgehead atoms. The van der Waals surface area contributed by atoms with Crippen molar-refractivity contribution < 1.29 is 0 Å². The standard InChI is InChI=1S/C17H17N/c1-13-6-8-16(9-7-13)17(12-18)11-15-5-3-4-14(2)10-15/h3-10,17H,11H2,1-2H3. The Hall–Kier alpha value is -2.07. The first kappa shape index (κ1) is 12.4. The maximum Gasteiger partial charge on any atom is 0.0753 e. The predicted molar refractivity (Wildman–Crippen MR) is 74.4 cm³/mol. The quantitative estimate of drug-likeness (QED) is 0.784. The molecule has 2 rings (SSSR count). The van der Waals surface area contributed by atoms with E-state index in [1.54, 1.807) is 0 Å². The van der Waals surface area contributed by atoms with Crippen molar-refractivity contribution in [3.8, 4) is 6.07 Å². The van der Waals surface area contributed by atoms with Crippen molar-refractivity contribution in [2.45, 2.75) is 26.2 Å². The SMILES string of the molecule is Cc1ccc(C(C#N)Cc2cccc(C)c2)cc1. The number of aryl methyl sites for hydroxylation is 2. The van der Waals surface area contributed by atoms with E-state index < -0.39 is 0 Å². The van der Waals surface area contributed by atoms with Crippen LogP contribution < -0.4 is 0 Å².